The first kappa shape index (κ1) is 17.3. The maximum atomic E-state index is 13.4. The number of furan rings is 1. The van der Waals surface area contributed by atoms with Crippen molar-refractivity contribution in [3.05, 3.63) is 35.7 Å². The molecule has 1 unspecified atom stereocenters. The number of fused-ring (bicyclic) bond motifs is 1. The zero-order valence-corrected chi connectivity index (χ0v) is 15.4. The summed E-state index contributed by atoms with van der Waals surface area (Å²) in [4.78, 5) is 33.5. The molecule has 27 heavy (non-hydrogen) atoms. The van der Waals surface area contributed by atoms with Crippen LogP contribution in [-0.2, 0) is 4.79 Å². The van der Waals surface area contributed by atoms with Gasteiger partial charge in [-0.1, -0.05) is 5.16 Å². The standard InChI is InChI=1S/C19H20N4O4/c1-11-16-12(18(24)23-8-4-6-14(23)19(25)22(2)3)10-13(15-7-5-9-26-15)20-17(16)27-21-11/h5,7,9-10,14H,4,6,8H2,1-3H3. The molecule has 140 valence electrons. The van der Waals surface area contributed by atoms with Crippen LogP contribution in [0.2, 0.25) is 0 Å². The van der Waals surface area contributed by atoms with Crippen LogP contribution < -0.4 is 0 Å². The molecule has 0 N–H and O–H groups in total. The highest BCUT2D eigenvalue weighted by atomic mass is 16.5. The van der Waals surface area contributed by atoms with Gasteiger partial charge < -0.3 is 18.7 Å². The van der Waals surface area contributed by atoms with E-state index in [1.807, 2.05) is 0 Å². The van der Waals surface area contributed by atoms with Gasteiger partial charge in [0.25, 0.3) is 11.6 Å². The fourth-order valence-electron chi connectivity index (χ4n) is 3.53. The number of hydrogen-bond donors (Lipinski definition) is 0. The number of carbonyl (C=O) groups excluding carboxylic acids is 2. The van der Waals surface area contributed by atoms with E-state index in [1.165, 1.54) is 4.90 Å². The third-order valence-electron chi connectivity index (χ3n) is 4.86. The first-order valence-electron chi connectivity index (χ1n) is 8.80. The van der Waals surface area contributed by atoms with Gasteiger partial charge >= 0.3 is 0 Å². The summed E-state index contributed by atoms with van der Waals surface area (Å²) in [5, 5.41) is 4.52. The van der Waals surface area contributed by atoms with E-state index >= 15 is 0 Å². The van der Waals surface area contributed by atoms with Crippen LogP contribution in [0.15, 0.2) is 33.4 Å². The molecule has 4 rings (SSSR count). The van der Waals surface area contributed by atoms with E-state index in [2.05, 4.69) is 10.1 Å². The van der Waals surface area contributed by atoms with Crippen molar-refractivity contribution in [2.45, 2.75) is 25.8 Å². The van der Waals surface area contributed by atoms with Crippen molar-refractivity contribution < 1.29 is 18.5 Å². The van der Waals surface area contributed by atoms with Gasteiger partial charge in [0.1, 0.15) is 11.7 Å². The van der Waals surface area contributed by atoms with E-state index in [1.54, 1.807) is 50.4 Å². The van der Waals surface area contributed by atoms with Crippen LogP contribution in [0.3, 0.4) is 0 Å². The fourth-order valence-corrected chi connectivity index (χ4v) is 3.53. The molecule has 0 radical (unpaired) electrons. The second-order valence-corrected chi connectivity index (χ2v) is 6.87. The number of hydrogen-bond acceptors (Lipinski definition) is 6. The predicted molar refractivity (Wildman–Crippen MR) is 97.0 cm³/mol. The van der Waals surface area contributed by atoms with Gasteiger partial charge in [-0.15, -0.1) is 0 Å². The molecule has 1 aliphatic heterocycles. The van der Waals surface area contributed by atoms with E-state index < -0.39 is 6.04 Å². The molecule has 4 heterocycles. The Morgan fingerprint density at radius 2 is 2.15 bits per heavy atom. The van der Waals surface area contributed by atoms with Crippen molar-refractivity contribution in [1.29, 1.82) is 0 Å². The second kappa shape index (κ2) is 6.53. The lowest BCUT2D eigenvalue weighted by Gasteiger charge is -2.26. The largest absolute Gasteiger partial charge is 0.463 e. The number of nitrogens with zero attached hydrogens (tertiary/aromatic N) is 4. The molecule has 1 aliphatic rings. The molecule has 1 fully saturated rings. The Kier molecular flexibility index (Phi) is 4.18. The molecule has 0 aliphatic carbocycles. The molecular formula is C19H20N4O4. The van der Waals surface area contributed by atoms with E-state index in [0.29, 0.717) is 41.1 Å². The van der Waals surface area contributed by atoms with Crippen LogP contribution in [0.5, 0.6) is 0 Å². The lowest BCUT2D eigenvalue weighted by molar-refractivity contribution is -0.132. The predicted octanol–water partition coefficient (Wildman–Crippen LogP) is 2.48. The molecule has 0 aromatic carbocycles. The number of rotatable bonds is 3. The van der Waals surface area contributed by atoms with Crippen molar-refractivity contribution >= 4 is 22.9 Å². The van der Waals surface area contributed by atoms with E-state index in [9.17, 15) is 9.59 Å². The van der Waals surface area contributed by atoms with Crippen molar-refractivity contribution in [2.75, 3.05) is 20.6 Å². The molecule has 0 saturated carbocycles. The average Bonchev–Trinajstić information content (AvgIpc) is 3.40. The zero-order valence-electron chi connectivity index (χ0n) is 15.4. The fraction of sp³-hybridized carbons (Fsp3) is 0.368. The highest BCUT2D eigenvalue weighted by Gasteiger charge is 2.36. The van der Waals surface area contributed by atoms with E-state index in [4.69, 9.17) is 8.94 Å². The van der Waals surface area contributed by atoms with Gasteiger partial charge in [0.15, 0.2) is 5.76 Å². The Balaban J connectivity index is 1.81. The van der Waals surface area contributed by atoms with Crippen molar-refractivity contribution in [2.24, 2.45) is 0 Å². The third kappa shape index (κ3) is 2.87. The molecule has 3 aromatic heterocycles. The molecule has 1 saturated heterocycles. The summed E-state index contributed by atoms with van der Waals surface area (Å²) in [5.41, 5.74) is 1.77. The van der Waals surface area contributed by atoms with Gasteiger partial charge in [-0.3, -0.25) is 9.59 Å². The summed E-state index contributed by atoms with van der Waals surface area (Å²) in [5.74, 6) is 0.237. The number of likely N-dealkylation sites (N-methyl/N-ethyl adjacent to an activating group) is 1. The highest BCUT2D eigenvalue weighted by molar-refractivity contribution is 6.08. The summed E-state index contributed by atoms with van der Waals surface area (Å²) >= 11 is 0. The second-order valence-electron chi connectivity index (χ2n) is 6.87. The summed E-state index contributed by atoms with van der Waals surface area (Å²) in [6.07, 6.45) is 2.99. The Labute approximate surface area is 155 Å². The SMILES string of the molecule is Cc1noc2nc(-c3ccco3)cc(C(=O)N3CCCC3C(=O)N(C)C)c12. The molecule has 1 atom stereocenters. The summed E-state index contributed by atoms with van der Waals surface area (Å²) in [7, 11) is 3.40. The monoisotopic (exact) mass is 368 g/mol. The number of carbonyl (C=O) groups is 2. The molecule has 8 nitrogen and oxygen atoms in total. The van der Waals surface area contributed by atoms with Crippen LogP contribution in [0.4, 0.5) is 0 Å². The molecule has 0 spiro atoms. The lowest BCUT2D eigenvalue weighted by Crippen LogP contribution is -2.45. The topological polar surface area (TPSA) is 92.7 Å². The maximum Gasteiger partial charge on any atom is 0.259 e. The Morgan fingerprint density at radius 1 is 1.33 bits per heavy atom. The van der Waals surface area contributed by atoms with E-state index in [-0.39, 0.29) is 17.5 Å². The lowest BCUT2D eigenvalue weighted by atomic mass is 10.1. The minimum absolute atomic E-state index is 0.0700. The Hall–Kier alpha value is -3.16. The van der Waals surface area contributed by atoms with Crippen LogP contribution >= 0.6 is 0 Å². The number of aryl methyl sites for hydroxylation is 1. The smallest absolute Gasteiger partial charge is 0.259 e. The van der Waals surface area contributed by atoms with Crippen molar-refractivity contribution in [1.82, 2.24) is 19.9 Å². The summed E-state index contributed by atoms with van der Waals surface area (Å²) < 4.78 is 10.7. The first-order chi connectivity index (χ1) is 13.0. The molecule has 2 amide bonds. The first-order valence-corrected chi connectivity index (χ1v) is 8.80. The van der Waals surface area contributed by atoms with Crippen molar-refractivity contribution in [3.63, 3.8) is 0 Å². The molecular weight excluding hydrogens is 348 g/mol. The van der Waals surface area contributed by atoms with Gasteiger partial charge in [-0.25, -0.2) is 4.98 Å². The summed E-state index contributed by atoms with van der Waals surface area (Å²) in [6.45, 7) is 2.30. The van der Waals surface area contributed by atoms with Crippen LogP contribution in [-0.4, -0.2) is 58.4 Å². The highest BCUT2D eigenvalue weighted by Crippen LogP contribution is 2.30. The average molecular weight is 368 g/mol. The van der Waals surface area contributed by atoms with Crippen LogP contribution in [0.25, 0.3) is 22.6 Å². The van der Waals surface area contributed by atoms with E-state index in [0.717, 1.165) is 6.42 Å². The van der Waals surface area contributed by atoms with Crippen molar-refractivity contribution in [3.8, 4) is 11.5 Å². The van der Waals surface area contributed by atoms with Gasteiger partial charge in [0.05, 0.1) is 22.9 Å². The Morgan fingerprint density at radius 3 is 2.85 bits per heavy atom. The van der Waals surface area contributed by atoms with Gasteiger partial charge in [-0.2, -0.15) is 0 Å². The third-order valence-corrected chi connectivity index (χ3v) is 4.86. The number of likely N-dealkylation sites (tertiary alicyclic amines) is 1. The zero-order chi connectivity index (χ0) is 19.1. The number of pyridine rings is 1. The van der Waals surface area contributed by atoms with Crippen LogP contribution in [0.1, 0.15) is 28.9 Å². The van der Waals surface area contributed by atoms with Gasteiger partial charge in [-0.05, 0) is 38.0 Å². The molecule has 0 bridgehead atoms. The van der Waals surface area contributed by atoms with Crippen LogP contribution in [0, 0.1) is 6.92 Å². The maximum absolute atomic E-state index is 13.4. The quantitative estimate of drug-likeness (QED) is 0.705. The Bertz CT molecular complexity index is 1010. The number of aromatic nitrogens is 2. The van der Waals surface area contributed by atoms with Gasteiger partial charge in [0, 0.05) is 20.6 Å². The van der Waals surface area contributed by atoms with Gasteiger partial charge in [0.2, 0.25) is 5.91 Å². The minimum atomic E-state index is -0.456. The minimum Gasteiger partial charge on any atom is -0.463 e. The molecule has 3 aromatic rings. The molecule has 8 heteroatoms. The number of amides is 2. The summed E-state index contributed by atoms with van der Waals surface area (Å²) in [6, 6.07) is 4.74. The normalized spacial score (nSPS) is 16.9.